The summed E-state index contributed by atoms with van der Waals surface area (Å²) < 4.78 is 7.00. The van der Waals surface area contributed by atoms with Crippen LogP contribution in [0.2, 0.25) is 0 Å². The van der Waals surface area contributed by atoms with Gasteiger partial charge < -0.3 is 14.1 Å². The summed E-state index contributed by atoms with van der Waals surface area (Å²) in [6.07, 6.45) is 4.70. The Labute approximate surface area is 86.0 Å². The van der Waals surface area contributed by atoms with E-state index in [2.05, 4.69) is 4.98 Å². The molecule has 2 rings (SSSR count). The lowest BCUT2D eigenvalue weighted by Crippen LogP contribution is -1.91. The third-order valence-electron chi connectivity index (χ3n) is 2.10. The van der Waals surface area contributed by atoms with E-state index in [4.69, 9.17) is 9.52 Å². The summed E-state index contributed by atoms with van der Waals surface area (Å²) in [5.74, 6) is -0.528. The van der Waals surface area contributed by atoms with E-state index in [1.807, 2.05) is 17.7 Å². The van der Waals surface area contributed by atoms with Crippen LogP contribution in [0.5, 0.6) is 0 Å². The molecule has 2 aromatic heterocycles. The molecule has 2 aromatic rings. The van der Waals surface area contributed by atoms with Gasteiger partial charge in [0.2, 0.25) is 0 Å². The largest absolute Gasteiger partial charge is 0.478 e. The Morgan fingerprint density at radius 3 is 3.00 bits per heavy atom. The van der Waals surface area contributed by atoms with Gasteiger partial charge in [0.25, 0.3) is 0 Å². The van der Waals surface area contributed by atoms with E-state index in [0.717, 1.165) is 6.54 Å². The van der Waals surface area contributed by atoms with E-state index in [0.29, 0.717) is 11.5 Å². The number of carboxylic acid groups (broad SMARTS) is 1. The van der Waals surface area contributed by atoms with Gasteiger partial charge in [-0.25, -0.2) is 9.78 Å². The molecule has 0 saturated heterocycles. The van der Waals surface area contributed by atoms with E-state index < -0.39 is 5.97 Å². The van der Waals surface area contributed by atoms with Crippen LogP contribution in [-0.2, 0) is 6.54 Å². The number of nitrogens with zero attached hydrogens (tertiary/aromatic N) is 2. The van der Waals surface area contributed by atoms with Gasteiger partial charge in [0.1, 0.15) is 12.0 Å². The summed E-state index contributed by atoms with van der Waals surface area (Å²) in [4.78, 5) is 14.7. The summed E-state index contributed by atoms with van der Waals surface area (Å²) in [5.41, 5.74) is 0.778. The maximum atomic E-state index is 10.6. The first kappa shape index (κ1) is 9.51. The van der Waals surface area contributed by atoms with Gasteiger partial charge in [0, 0.05) is 18.8 Å². The van der Waals surface area contributed by atoms with E-state index in [9.17, 15) is 4.79 Å². The van der Waals surface area contributed by atoms with Crippen LogP contribution in [0.4, 0.5) is 0 Å². The van der Waals surface area contributed by atoms with Gasteiger partial charge in [-0.05, 0) is 6.92 Å². The molecule has 0 radical (unpaired) electrons. The summed E-state index contributed by atoms with van der Waals surface area (Å²) >= 11 is 0. The second-order valence-corrected chi connectivity index (χ2v) is 3.09. The average Bonchev–Trinajstić information content (AvgIpc) is 2.86. The molecule has 15 heavy (non-hydrogen) atoms. The molecule has 5 nitrogen and oxygen atoms in total. The number of rotatable bonds is 3. The number of furan rings is 1. The summed E-state index contributed by atoms with van der Waals surface area (Å²) in [7, 11) is 0. The van der Waals surface area contributed by atoms with Crippen LogP contribution >= 0.6 is 0 Å². The Morgan fingerprint density at radius 1 is 1.67 bits per heavy atom. The smallest absolute Gasteiger partial charge is 0.338 e. The summed E-state index contributed by atoms with van der Waals surface area (Å²) in [6.45, 7) is 2.82. The number of aryl methyl sites for hydroxylation is 1. The SMILES string of the molecule is CCn1cnc(-c2cc(C(=O)O)co2)c1. The number of hydrogen-bond donors (Lipinski definition) is 1. The number of hydrogen-bond acceptors (Lipinski definition) is 3. The molecule has 5 heteroatoms. The summed E-state index contributed by atoms with van der Waals surface area (Å²) in [5, 5.41) is 8.71. The molecule has 0 fully saturated rings. The molecule has 0 spiro atoms. The molecule has 2 heterocycles. The second kappa shape index (κ2) is 3.61. The highest BCUT2D eigenvalue weighted by atomic mass is 16.4. The Balaban J connectivity index is 2.32. The maximum Gasteiger partial charge on any atom is 0.338 e. The zero-order valence-corrected chi connectivity index (χ0v) is 8.17. The van der Waals surface area contributed by atoms with Crippen LogP contribution in [0.1, 0.15) is 17.3 Å². The van der Waals surface area contributed by atoms with Gasteiger partial charge in [0.05, 0.1) is 11.9 Å². The highest BCUT2D eigenvalue weighted by molar-refractivity contribution is 5.88. The Hall–Kier alpha value is -2.04. The molecular formula is C10H10N2O3. The van der Waals surface area contributed by atoms with Gasteiger partial charge in [0.15, 0.2) is 5.76 Å². The van der Waals surface area contributed by atoms with Crippen LogP contribution in [-0.4, -0.2) is 20.6 Å². The van der Waals surface area contributed by atoms with Crippen molar-refractivity contribution in [3.8, 4) is 11.5 Å². The van der Waals surface area contributed by atoms with Crippen molar-refractivity contribution in [1.82, 2.24) is 9.55 Å². The van der Waals surface area contributed by atoms with Crippen LogP contribution in [0, 0.1) is 0 Å². The molecule has 0 aliphatic carbocycles. The molecule has 0 bridgehead atoms. The monoisotopic (exact) mass is 206 g/mol. The van der Waals surface area contributed by atoms with Gasteiger partial charge in [-0.2, -0.15) is 0 Å². The quantitative estimate of drug-likeness (QED) is 0.832. The molecule has 0 atom stereocenters. The fraction of sp³-hybridized carbons (Fsp3) is 0.200. The second-order valence-electron chi connectivity index (χ2n) is 3.09. The van der Waals surface area contributed by atoms with Crippen LogP contribution < -0.4 is 0 Å². The van der Waals surface area contributed by atoms with Crippen LogP contribution in [0.3, 0.4) is 0 Å². The first-order valence-electron chi connectivity index (χ1n) is 4.54. The van der Waals surface area contributed by atoms with E-state index >= 15 is 0 Å². The molecule has 0 aromatic carbocycles. The first-order valence-corrected chi connectivity index (χ1v) is 4.54. The van der Waals surface area contributed by atoms with E-state index in [1.165, 1.54) is 12.3 Å². The third-order valence-corrected chi connectivity index (χ3v) is 2.10. The fourth-order valence-corrected chi connectivity index (χ4v) is 1.24. The molecule has 0 unspecified atom stereocenters. The van der Waals surface area contributed by atoms with Crippen molar-refractivity contribution < 1.29 is 14.3 Å². The lowest BCUT2D eigenvalue weighted by molar-refractivity contribution is 0.0696. The highest BCUT2D eigenvalue weighted by Crippen LogP contribution is 2.20. The van der Waals surface area contributed by atoms with Crippen molar-refractivity contribution in [2.75, 3.05) is 0 Å². The van der Waals surface area contributed by atoms with Crippen molar-refractivity contribution in [2.45, 2.75) is 13.5 Å². The predicted molar refractivity (Wildman–Crippen MR) is 52.6 cm³/mol. The number of aromatic carboxylic acids is 1. The third kappa shape index (κ3) is 1.76. The maximum absolute atomic E-state index is 10.6. The van der Waals surface area contributed by atoms with Crippen molar-refractivity contribution in [3.05, 3.63) is 30.4 Å². The number of carboxylic acids is 1. The molecule has 0 aliphatic rings. The fourth-order valence-electron chi connectivity index (χ4n) is 1.24. The van der Waals surface area contributed by atoms with Crippen molar-refractivity contribution in [3.63, 3.8) is 0 Å². The lowest BCUT2D eigenvalue weighted by Gasteiger charge is -1.90. The highest BCUT2D eigenvalue weighted by Gasteiger charge is 2.11. The number of aromatic nitrogens is 2. The van der Waals surface area contributed by atoms with Crippen molar-refractivity contribution in [1.29, 1.82) is 0 Å². The zero-order chi connectivity index (χ0) is 10.8. The van der Waals surface area contributed by atoms with Gasteiger partial charge in [-0.3, -0.25) is 0 Å². The van der Waals surface area contributed by atoms with Crippen LogP contribution in [0.15, 0.2) is 29.3 Å². The van der Waals surface area contributed by atoms with E-state index in [-0.39, 0.29) is 5.56 Å². The standard InChI is InChI=1S/C10H10N2O3/c1-2-12-4-8(11-6-12)9-3-7(5-15-9)10(13)14/h3-6H,2H2,1H3,(H,13,14). The van der Waals surface area contributed by atoms with Gasteiger partial charge >= 0.3 is 5.97 Å². The minimum Gasteiger partial charge on any atom is -0.478 e. The molecule has 0 amide bonds. The van der Waals surface area contributed by atoms with Gasteiger partial charge in [-0.15, -0.1) is 0 Å². The minimum atomic E-state index is -1.00. The minimum absolute atomic E-state index is 0.135. The zero-order valence-electron chi connectivity index (χ0n) is 8.17. The molecular weight excluding hydrogens is 196 g/mol. The molecule has 0 saturated carbocycles. The summed E-state index contributed by atoms with van der Waals surface area (Å²) in [6, 6.07) is 1.46. The first-order chi connectivity index (χ1) is 7.20. The van der Waals surface area contributed by atoms with E-state index in [1.54, 1.807) is 6.33 Å². The molecule has 78 valence electrons. The Morgan fingerprint density at radius 2 is 2.47 bits per heavy atom. The molecule has 1 N–H and O–H groups in total. The topological polar surface area (TPSA) is 68.3 Å². The van der Waals surface area contributed by atoms with Crippen molar-refractivity contribution >= 4 is 5.97 Å². The Bertz CT molecular complexity index is 484. The number of imidazole rings is 1. The van der Waals surface area contributed by atoms with Gasteiger partial charge in [-0.1, -0.05) is 0 Å². The van der Waals surface area contributed by atoms with Crippen molar-refractivity contribution in [2.24, 2.45) is 0 Å². The molecule has 0 aliphatic heterocycles. The lowest BCUT2D eigenvalue weighted by atomic mass is 10.3. The normalized spacial score (nSPS) is 10.5. The van der Waals surface area contributed by atoms with Crippen LogP contribution in [0.25, 0.3) is 11.5 Å². The number of carbonyl (C=O) groups is 1. The average molecular weight is 206 g/mol. The Kier molecular flexibility index (Phi) is 2.29. The predicted octanol–water partition coefficient (Wildman–Crippen LogP) is 1.86.